The maximum atomic E-state index is 11.5. The van der Waals surface area contributed by atoms with E-state index in [-0.39, 0.29) is 0 Å². The van der Waals surface area contributed by atoms with Gasteiger partial charge in [-0.3, -0.25) is 4.79 Å². The van der Waals surface area contributed by atoms with E-state index in [1.54, 1.807) is 0 Å². The lowest BCUT2D eigenvalue weighted by atomic mass is 10.0. The summed E-state index contributed by atoms with van der Waals surface area (Å²) in [6.07, 6.45) is 2.40. The Morgan fingerprint density at radius 1 is 1.27 bits per heavy atom. The average molecular weight is 154 g/mol. The zero-order chi connectivity index (χ0) is 7.68. The van der Waals surface area contributed by atoms with Crippen molar-refractivity contribution in [3.63, 3.8) is 0 Å². The molecule has 3 nitrogen and oxygen atoms in total. The van der Waals surface area contributed by atoms with Gasteiger partial charge in [-0.1, -0.05) is 0 Å². The molecule has 2 saturated heterocycles. The Balaban J connectivity index is 1.87. The highest BCUT2D eigenvalue weighted by Crippen LogP contribution is 2.14. The van der Waals surface area contributed by atoms with E-state index in [2.05, 4.69) is 5.32 Å². The second-order valence-corrected chi connectivity index (χ2v) is 3.39. The van der Waals surface area contributed by atoms with Crippen LogP contribution in [-0.4, -0.2) is 37.0 Å². The summed E-state index contributed by atoms with van der Waals surface area (Å²) in [5.41, 5.74) is 0. The minimum atomic E-state index is 0.299. The molecule has 0 atom stereocenters. The molecule has 0 spiro atoms. The van der Waals surface area contributed by atoms with Crippen molar-refractivity contribution in [3.05, 3.63) is 0 Å². The zero-order valence-corrected chi connectivity index (χ0v) is 6.68. The standard InChI is InChI=1S/C8H14N2O/c11-8(7-5-9-6-7)10-3-1-2-4-10/h7,9H,1-6H2. The van der Waals surface area contributed by atoms with E-state index in [1.807, 2.05) is 4.90 Å². The van der Waals surface area contributed by atoms with Crippen LogP contribution in [0.3, 0.4) is 0 Å². The van der Waals surface area contributed by atoms with Gasteiger partial charge in [-0.05, 0) is 12.8 Å². The largest absolute Gasteiger partial charge is 0.342 e. The number of hydrogen-bond acceptors (Lipinski definition) is 2. The number of nitrogens with one attached hydrogen (secondary N) is 1. The first-order valence-corrected chi connectivity index (χ1v) is 4.37. The molecule has 2 aliphatic rings. The van der Waals surface area contributed by atoms with Gasteiger partial charge < -0.3 is 10.2 Å². The van der Waals surface area contributed by atoms with E-state index < -0.39 is 0 Å². The van der Waals surface area contributed by atoms with Gasteiger partial charge in [0.2, 0.25) is 5.91 Å². The molecule has 62 valence electrons. The number of nitrogens with zero attached hydrogens (tertiary/aromatic N) is 1. The Bertz CT molecular complexity index is 159. The number of carbonyl (C=O) groups excluding carboxylic acids is 1. The summed E-state index contributed by atoms with van der Waals surface area (Å²) >= 11 is 0. The third-order valence-corrected chi connectivity index (χ3v) is 2.55. The van der Waals surface area contributed by atoms with Crippen LogP contribution in [0, 0.1) is 5.92 Å². The van der Waals surface area contributed by atoms with Gasteiger partial charge in [0.05, 0.1) is 5.92 Å². The fourth-order valence-corrected chi connectivity index (χ4v) is 1.66. The van der Waals surface area contributed by atoms with Gasteiger partial charge in [0.25, 0.3) is 0 Å². The van der Waals surface area contributed by atoms with Crippen LogP contribution in [0.4, 0.5) is 0 Å². The van der Waals surface area contributed by atoms with Gasteiger partial charge >= 0.3 is 0 Å². The highest BCUT2D eigenvalue weighted by Gasteiger charge is 2.30. The number of amides is 1. The molecule has 0 saturated carbocycles. The van der Waals surface area contributed by atoms with Crippen LogP contribution in [0.2, 0.25) is 0 Å². The van der Waals surface area contributed by atoms with Crippen molar-refractivity contribution in [2.75, 3.05) is 26.2 Å². The molecule has 2 rings (SSSR count). The molecule has 2 heterocycles. The zero-order valence-electron chi connectivity index (χ0n) is 6.68. The van der Waals surface area contributed by atoms with Crippen LogP contribution < -0.4 is 5.32 Å². The molecule has 0 aromatic rings. The van der Waals surface area contributed by atoms with Crippen LogP contribution in [0.15, 0.2) is 0 Å². The molecular weight excluding hydrogens is 140 g/mol. The van der Waals surface area contributed by atoms with E-state index in [1.165, 1.54) is 12.8 Å². The third kappa shape index (κ3) is 1.25. The lowest BCUT2D eigenvalue weighted by Crippen LogP contribution is -2.51. The summed E-state index contributed by atoms with van der Waals surface area (Å²) in [5.74, 6) is 0.675. The van der Waals surface area contributed by atoms with Gasteiger partial charge in [-0.25, -0.2) is 0 Å². The van der Waals surface area contributed by atoms with E-state index in [0.717, 1.165) is 26.2 Å². The second-order valence-electron chi connectivity index (χ2n) is 3.39. The van der Waals surface area contributed by atoms with Gasteiger partial charge in [-0.2, -0.15) is 0 Å². The molecule has 1 N–H and O–H groups in total. The molecule has 0 bridgehead atoms. The summed E-state index contributed by atoms with van der Waals surface area (Å²) in [6, 6.07) is 0. The van der Waals surface area contributed by atoms with Crippen molar-refractivity contribution in [2.45, 2.75) is 12.8 Å². The Hall–Kier alpha value is -0.570. The second kappa shape index (κ2) is 2.81. The Morgan fingerprint density at radius 3 is 2.36 bits per heavy atom. The Kier molecular flexibility index (Phi) is 1.82. The molecule has 1 amide bonds. The SMILES string of the molecule is O=C(C1CNC1)N1CCCC1. The van der Waals surface area contributed by atoms with Gasteiger partial charge in [0, 0.05) is 26.2 Å². The maximum Gasteiger partial charge on any atom is 0.228 e. The van der Waals surface area contributed by atoms with Crippen molar-refractivity contribution in [1.29, 1.82) is 0 Å². The summed E-state index contributed by atoms with van der Waals surface area (Å²) in [6.45, 7) is 3.79. The van der Waals surface area contributed by atoms with Crippen LogP contribution in [0.1, 0.15) is 12.8 Å². The number of rotatable bonds is 1. The molecule has 0 unspecified atom stereocenters. The number of likely N-dealkylation sites (tertiary alicyclic amines) is 1. The van der Waals surface area contributed by atoms with Crippen LogP contribution >= 0.6 is 0 Å². The van der Waals surface area contributed by atoms with Crippen LogP contribution in [0.5, 0.6) is 0 Å². The predicted octanol–water partition coefficient (Wildman–Crippen LogP) is -0.172. The molecule has 2 fully saturated rings. The Labute approximate surface area is 66.8 Å². The predicted molar refractivity (Wildman–Crippen MR) is 42.2 cm³/mol. The van der Waals surface area contributed by atoms with Crippen molar-refractivity contribution in [3.8, 4) is 0 Å². The smallest absolute Gasteiger partial charge is 0.228 e. The van der Waals surface area contributed by atoms with E-state index in [9.17, 15) is 4.79 Å². The number of hydrogen-bond donors (Lipinski definition) is 1. The molecule has 0 aromatic carbocycles. The first kappa shape index (κ1) is 7.10. The minimum Gasteiger partial charge on any atom is -0.342 e. The number of carbonyl (C=O) groups is 1. The van der Waals surface area contributed by atoms with Gasteiger partial charge in [-0.15, -0.1) is 0 Å². The maximum absolute atomic E-state index is 11.5. The van der Waals surface area contributed by atoms with Crippen molar-refractivity contribution in [1.82, 2.24) is 10.2 Å². The lowest BCUT2D eigenvalue weighted by molar-refractivity contribution is -0.135. The van der Waals surface area contributed by atoms with Crippen LogP contribution in [0.25, 0.3) is 0 Å². The Morgan fingerprint density at radius 2 is 1.91 bits per heavy atom. The normalized spacial score (nSPS) is 25.3. The molecule has 0 aliphatic carbocycles. The molecule has 11 heavy (non-hydrogen) atoms. The molecular formula is C8H14N2O. The summed E-state index contributed by atoms with van der Waals surface area (Å²) < 4.78 is 0. The summed E-state index contributed by atoms with van der Waals surface area (Å²) in [7, 11) is 0. The molecule has 2 aliphatic heterocycles. The molecule has 0 aromatic heterocycles. The molecule has 3 heteroatoms. The first-order valence-electron chi connectivity index (χ1n) is 4.37. The topological polar surface area (TPSA) is 32.3 Å². The highest BCUT2D eigenvalue weighted by atomic mass is 16.2. The fourth-order valence-electron chi connectivity index (χ4n) is 1.66. The van der Waals surface area contributed by atoms with E-state index in [0.29, 0.717) is 11.8 Å². The summed E-state index contributed by atoms with van der Waals surface area (Å²) in [4.78, 5) is 13.5. The quantitative estimate of drug-likeness (QED) is 0.568. The van der Waals surface area contributed by atoms with Crippen molar-refractivity contribution in [2.24, 2.45) is 5.92 Å². The fraction of sp³-hybridized carbons (Fsp3) is 0.875. The third-order valence-electron chi connectivity index (χ3n) is 2.55. The lowest BCUT2D eigenvalue weighted by Gasteiger charge is -2.29. The molecule has 0 radical (unpaired) electrons. The minimum absolute atomic E-state index is 0.299. The van der Waals surface area contributed by atoms with Gasteiger partial charge in [0.15, 0.2) is 0 Å². The highest BCUT2D eigenvalue weighted by molar-refractivity contribution is 5.80. The van der Waals surface area contributed by atoms with E-state index in [4.69, 9.17) is 0 Å². The first-order chi connectivity index (χ1) is 5.38. The monoisotopic (exact) mass is 154 g/mol. The summed E-state index contributed by atoms with van der Waals surface area (Å²) in [5, 5.41) is 3.12. The average Bonchev–Trinajstić information content (AvgIpc) is 2.32. The van der Waals surface area contributed by atoms with Crippen LogP contribution in [-0.2, 0) is 4.79 Å². The van der Waals surface area contributed by atoms with Crippen molar-refractivity contribution < 1.29 is 4.79 Å². The van der Waals surface area contributed by atoms with Crippen molar-refractivity contribution >= 4 is 5.91 Å². The van der Waals surface area contributed by atoms with E-state index >= 15 is 0 Å². The van der Waals surface area contributed by atoms with Gasteiger partial charge in [0.1, 0.15) is 0 Å².